The number of methoxy groups -OCH3 is 1. The molecule has 1 atom stereocenters. The first-order valence-corrected chi connectivity index (χ1v) is 8.01. The fourth-order valence-electron chi connectivity index (χ4n) is 3.04. The minimum absolute atomic E-state index is 0.114. The number of hydrogen-bond donors (Lipinski definition) is 1. The Balaban J connectivity index is 1.95. The van der Waals surface area contributed by atoms with Gasteiger partial charge in [0.1, 0.15) is 5.92 Å². The molecule has 0 spiro atoms. The molecule has 6 heteroatoms. The Morgan fingerprint density at radius 2 is 1.96 bits per heavy atom. The monoisotopic (exact) mass is 341 g/mol. The van der Waals surface area contributed by atoms with E-state index in [1.54, 1.807) is 42.5 Å². The standard InChI is InChI=1S/C19H19NO5/c1-3-25-16-9-8-12(10-17(16)24-2)18(21)20-11-14(19(22)23)13-6-4-5-7-15(13)20/h4-10,14H,3,11H2,1-2H3,(H,22,23). The lowest BCUT2D eigenvalue weighted by atomic mass is 10.0. The van der Waals surface area contributed by atoms with Gasteiger partial charge in [0.05, 0.1) is 13.7 Å². The molecule has 3 rings (SSSR count). The van der Waals surface area contributed by atoms with Crippen LogP contribution in [0.1, 0.15) is 28.8 Å². The van der Waals surface area contributed by atoms with Crippen molar-refractivity contribution in [1.82, 2.24) is 0 Å². The van der Waals surface area contributed by atoms with Gasteiger partial charge in [0.25, 0.3) is 5.91 Å². The van der Waals surface area contributed by atoms with Crippen LogP contribution in [0.2, 0.25) is 0 Å². The number of ether oxygens (including phenoxy) is 2. The molecule has 1 amide bonds. The normalized spacial score (nSPS) is 15.6. The molecule has 6 nitrogen and oxygen atoms in total. The van der Waals surface area contributed by atoms with Gasteiger partial charge in [0, 0.05) is 17.8 Å². The average Bonchev–Trinajstić information content (AvgIpc) is 3.01. The molecule has 1 aliphatic heterocycles. The quantitative estimate of drug-likeness (QED) is 0.905. The average molecular weight is 341 g/mol. The van der Waals surface area contributed by atoms with Gasteiger partial charge in [-0.1, -0.05) is 18.2 Å². The van der Waals surface area contributed by atoms with Crippen LogP contribution in [0.5, 0.6) is 11.5 Å². The van der Waals surface area contributed by atoms with E-state index in [2.05, 4.69) is 0 Å². The minimum Gasteiger partial charge on any atom is -0.493 e. The Bertz CT molecular complexity index is 817. The lowest BCUT2D eigenvalue weighted by molar-refractivity contribution is -0.138. The number of carbonyl (C=O) groups excluding carboxylic acids is 1. The van der Waals surface area contributed by atoms with Crippen LogP contribution in [0.3, 0.4) is 0 Å². The second-order valence-corrected chi connectivity index (χ2v) is 5.66. The maximum absolute atomic E-state index is 13.0. The summed E-state index contributed by atoms with van der Waals surface area (Å²) in [5.74, 6) is -0.893. The van der Waals surface area contributed by atoms with E-state index >= 15 is 0 Å². The highest BCUT2D eigenvalue weighted by atomic mass is 16.5. The number of carboxylic acids is 1. The van der Waals surface area contributed by atoms with E-state index in [9.17, 15) is 14.7 Å². The molecule has 25 heavy (non-hydrogen) atoms. The molecule has 1 aliphatic rings. The highest BCUT2D eigenvalue weighted by Crippen LogP contribution is 2.38. The van der Waals surface area contributed by atoms with Crippen LogP contribution in [-0.2, 0) is 4.79 Å². The fourth-order valence-corrected chi connectivity index (χ4v) is 3.04. The molecule has 0 saturated heterocycles. The van der Waals surface area contributed by atoms with E-state index in [0.29, 0.717) is 34.9 Å². The Morgan fingerprint density at radius 3 is 2.64 bits per heavy atom. The van der Waals surface area contributed by atoms with Crippen LogP contribution in [-0.4, -0.2) is 37.2 Å². The van der Waals surface area contributed by atoms with Gasteiger partial charge in [-0.05, 0) is 36.8 Å². The third-order valence-electron chi connectivity index (χ3n) is 4.22. The van der Waals surface area contributed by atoms with Crippen LogP contribution in [0.4, 0.5) is 5.69 Å². The van der Waals surface area contributed by atoms with Crippen molar-refractivity contribution in [3.8, 4) is 11.5 Å². The molecular weight excluding hydrogens is 322 g/mol. The number of rotatable bonds is 5. The summed E-state index contributed by atoms with van der Waals surface area (Å²) >= 11 is 0. The molecule has 1 unspecified atom stereocenters. The highest BCUT2D eigenvalue weighted by molar-refractivity contribution is 6.09. The maximum atomic E-state index is 13.0. The summed E-state index contributed by atoms with van der Waals surface area (Å²) < 4.78 is 10.8. The zero-order valence-electron chi connectivity index (χ0n) is 14.1. The van der Waals surface area contributed by atoms with E-state index in [1.165, 1.54) is 12.0 Å². The van der Waals surface area contributed by atoms with Crippen molar-refractivity contribution in [3.63, 3.8) is 0 Å². The van der Waals surface area contributed by atoms with Gasteiger partial charge in [-0.2, -0.15) is 0 Å². The minimum atomic E-state index is -0.938. The zero-order valence-corrected chi connectivity index (χ0v) is 14.1. The summed E-state index contributed by atoms with van der Waals surface area (Å²) in [6, 6.07) is 12.1. The van der Waals surface area contributed by atoms with Crippen LogP contribution in [0.15, 0.2) is 42.5 Å². The second kappa shape index (κ2) is 6.84. The number of anilines is 1. The second-order valence-electron chi connectivity index (χ2n) is 5.66. The van der Waals surface area contributed by atoms with Crippen LogP contribution >= 0.6 is 0 Å². The number of benzene rings is 2. The van der Waals surface area contributed by atoms with Crippen molar-refractivity contribution < 1.29 is 24.2 Å². The molecule has 1 heterocycles. The Hall–Kier alpha value is -3.02. The summed E-state index contributed by atoms with van der Waals surface area (Å²) in [6.07, 6.45) is 0. The predicted molar refractivity (Wildman–Crippen MR) is 92.7 cm³/mol. The van der Waals surface area contributed by atoms with Crippen molar-refractivity contribution in [2.45, 2.75) is 12.8 Å². The van der Waals surface area contributed by atoms with E-state index < -0.39 is 11.9 Å². The van der Waals surface area contributed by atoms with Gasteiger partial charge in [-0.25, -0.2) is 0 Å². The molecule has 0 aliphatic carbocycles. The summed E-state index contributed by atoms with van der Waals surface area (Å²) in [6.45, 7) is 2.47. The number of aliphatic carboxylic acids is 1. The van der Waals surface area contributed by atoms with Crippen LogP contribution in [0.25, 0.3) is 0 Å². The van der Waals surface area contributed by atoms with E-state index in [4.69, 9.17) is 9.47 Å². The van der Waals surface area contributed by atoms with E-state index in [0.717, 1.165) is 0 Å². The lowest BCUT2D eigenvalue weighted by Gasteiger charge is -2.18. The van der Waals surface area contributed by atoms with Crippen molar-refractivity contribution in [2.24, 2.45) is 0 Å². The van der Waals surface area contributed by atoms with Crippen molar-refractivity contribution in [2.75, 3.05) is 25.2 Å². The smallest absolute Gasteiger partial charge is 0.312 e. The van der Waals surface area contributed by atoms with Crippen LogP contribution in [0, 0.1) is 0 Å². The van der Waals surface area contributed by atoms with Crippen molar-refractivity contribution in [3.05, 3.63) is 53.6 Å². The Morgan fingerprint density at radius 1 is 1.20 bits per heavy atom. The molecule has 0 bridgehead atoms. The van der Waals surface area contributed by atoms with Crippen molar-refractivity contribution >= 4 is 17.6 Å². The molecule has 0 saturated carbocycles. The third kappa shape index (κ3) is 3.03. The van der Waals surface area contributed by atoms with Crippen molar-refractivity contribution in [1.29, 1.82) is 0 Å². The predicted octanol–water partition coefficient (Wildman–Crippen LogP) is 2.92. The first-order valence-electron chi connectivity index (χ1n) is 8.01. The molecule has 2 aromatic rings. The SMILES string of the molecule is CCOc1ccc(C(=O)N2CC(C(=O)O)c3ccccc32)cc1OC. The number of amides is 1. The van der Waals surface area contributed by atoms with Gasteiger partial charge in [0.15, 0.2) is 11.5 Å². The third-order valence-corrected chi connectivity index (χ3v) is 4.22. The lowest BCUT2D eigenvalue weighted by Crippen LogP contribution is -2.31. The number of carboxylic acid groups (broad SMARTS) is 1. The first-order chi connectivity index (χ1) is 12.1. The van der Waals surface area contributed by atoms with E-state index in [1.807, 2.05) is 6.92 Å². The number of fused-ring (bicyclic) bond motifs is 1. The Labute approximate surface area is 145 Å². The topological polar surface area (TPSA) is 76.1 Å². The van der Waals surface area contributed by atoms with Gasteiger partial charge in [-0.3, -0.25) is 9.59 Å². The first kappa shape index (κ1) is 16.8. The maximum Gasteiger partial charge on any atom is 0.312 e. The molecule has 0 radical (unpaired) electrons. The molecule has 130 valence electrons. The summed E-state index contributed by atoms with van der Waals surface area (Å²) in [5, 5.41) is 9.43. The summed E-state index contributed by atoms with van der Waals surface area (Å²) in [5.41, 5.74) is 1.70. The Kier molecular flexibility index (Phi) is 4.61. The number of para-hydroxylation sites is 1. The number of carbonyl (C=O) groups is 2. The number of hydrogen-bond acceptors (Lipinski definition) is 4. The highest BCUT2D eigenvalue weighted by Gasteiger charge is 2.36. The van der Waals surface area contributed by atoms with Gasteiger partial charge < -0.3 is 19.5 Å². The van der Waals surface area contributed by atoms with E-state index in [-0.39, 0.29) is 12.5 Å². The molecule has 0 aromatic heterocycles. The largest absolute Gasteiger partial charge is 0.493 e. The van der Waals surface area contributed by atoms with Crippen LogP contribution < -0.4 is 14.4 Å². The summed E-state index contributed by atoms with van der Waals surface area (Å²) in [7, 11) is 1.51. The fraction of sp³-hybridized carbons (Fsp3) is 0.263. The summed E-state index contributed by atoms with van der Waals surface area (Å²) in [4.78, 5) is 26.0. The molecule has 2 aromatic carbocycles. The molecular formula is C19H19NO5. The molecule has 1 N–H and O–H groups in total. The zero-order chi connectivity index (χ0) is 18.0. The van der Waals surface area contributed by atoms with Gasteiger partial charge >= 0.3 is 5.97 Å². The molecule has 0 fully saturated rings. The number of nitrogens with zero attached hydrogens (tertiary/aromatic N) is 1. The van der Waals surface area contributed by atoms with Gasteiger partial charge in [-0.15, -0.1) is 0 Å². The van der Waals surface area contributed by atoms with Gasteiger partial charge in [0.2, 0.25) is 0 Å².